The highest BCUT2D eigenvalue weighted by Crippen LogP contribution is 2.24. The van der Waals surface area contributed by atoms with Crippen molar-refractivity contribution in [3.8, 4) is 11.5 Å². The zero-order valence-corrected chi connectivity index (χ0v) is 11.6. The summed E-state index contributed by atoms with van der Waals surface area (Å²) in [6, 6.07) is 5.97. The van der Waals surface area contributed by atoms with Gasteiger partial charge in [0, 0.05) is 11.8 Å². The molecule has 0 radical (unpaired) electrons. The molecule has 2 rings (SSSR count). The van der Waals surface area contributed by atoms with Crippen LogP contribution in [0.15, 0.2) is 30.0 Å². The maximum absolute atomic E-state index is 5.27. The summed E-state index contributed by atoms with van der Waals surface area (Å²) in [6.45, 7) is 0. The highest BCUT2D eigenvalue weighted by molar-refractivity contribution is 5.38. The third kappa shape index (κ3) is 3.62. The molecular weight excluding hydrogens is 242 g/mol. The van der Waals surface area contributed by atoms with Gasteiger partial charge in [-0.1, -0.05) is 0 Å². The van der Waals surface area contributed by atoms with Crippen LogP contribution < -0.4 is 25.6 Å². The topological polar surface area (TPSA) is 54.5 Å². The molecule has 0 fully saturated rings. The number of methoxy groups -OCH3 is 2. The van der Waals surface area contributed by atoms with E-state index in [9.17, 15) is 0 Å². The number of benzene rings is 1. The van der Waals surface area contributed by atoms with Crippen LogP contribution in [0, 0.1) is 0 Å². The van der Waals surface area contributed by atoms with Gasteiger partial charge in [-0.05, 0) is 43.7 Å². The first kappa shape index (κ1) is 13.7. The zero-order chi connectivity index (χ0) is 13.7. The van der Waals surface area contributed by atoms with Gasteiger partial charge in [0.05, 0.1) is 20.4 Å². The lowest BCUT2D eigenvalue weighted by molar-refractivity contribution is 0.393. The van der Waals surface area contributed by atoms with Crippen molar-refractivity contribution < 1.29 is 9.47 Å². The number of rotatable bonds is 6. The minimum absolute atomic E-state index is 0.204. The molecule has 19 heavy (non-hydrogen) atoms. The Bertz CT molecular complexity index is 438. The molecule has 5 heteroatoms. The van der Waals surface area contributed by atoms with E-state index in [2.05, 4.69) is 22.2 Å². The number of ether oxygens (including phenoxy) is 2. The first-order chi connectivity index (χ1) is 9.25. The summed E-state index contributed by atoms with van der Waals surface area (Å²) in [7, 11) is 5.26. The summed E-state index contributed by atoms with van der Waals surface area (Å²) in [4.78, 5) is 0. The van der Waals surface area contributed by atoms with Crippen LogP contribution in [0.2, 0.25) is 0 Å². The fourth-order valence-electron chi connectivity index (χ4n) is 2.05. The van der Waals surface area contributed by atoms with Crippen molar-refractivity contribution in [2.45, 2.75) is 19.0 Å². The van der Waals surface area contributed by atoms with E-state index < -0.39 is 0 Å². The van der Waals surface area contributed by atoms with Crippen LogP contribution >= 0.6 is 0 Å². The minimum atomic E-state index is 0.204. The second-order valence-corrected chi connectivity index (χ2v) is 4.45. The van der Waals surface area contributed by atoms with Gasteiger partial charge in [0.2, 0.25) is 0 Å². The average Bonchev–Trinajstić information content (AvgIpc) is 2.92. The van der Waals surface area contributed by atoms with Crippen LogP contribution in [0.25, 0.3) is 0 Å². The molecule has 1 aromatic carbocycles. The second kappa shape index (κ2) is 6.45. The van der Waals surface area contributed by atoms with Crippen molar-refractivity contribution in [3.05, 3.63) is 35.5 Å². The Morgan fingerprint density at radius 3 is 2.32 bits per heavy atom. The number of likely N-dealkylation sites (N-methyl/N-ethyl adjacent to an activating group) is 1. The number of aryl methyl sites for hydroxylation is 1. The monoisotopic (exact) mass is 263 g/mol. The van der Waals surface area contributed by atoms with Gasteiger partial charge in [0.1, 0.15) is 11.5 Å². The fraction of sp³-hybridized carbons (Fsp3) is 0.429. The molecule has 0 bridgehead atoms. The molecule has 0 saturated heterocycles. The lowest BCUT2D eigenvalue weighted by Gasteiger charge is -2.09. The highest BCUT2D eigenvalue weighted by atomic mass is 16.5. The molecule has 0 aromatic heterocycles. The van der Waals surface area contributed by atoms with E-state index in [4.69, 9.17) is 9.47 Å². The summed E-state index contributed by atoms with van der Waals surface area (Å²) in [5, 5.41) is 3.14. The maximum atomic E-state index is 5.27. The van der Waals surface area contributed by atoms with E-state index in [0.29, 0.717) is 0 Å². The van der Waals surface area contributed by atoms with Crippen LogP contribution in [0.4, 0.5) is 0 Å². The van der Waals surface area contributed by atoms with Crippen LogP contribution in [0.5, 0.6) is 11.5 Å². The molecule has 104 valence electrons. The number of allylic oxidation sites excluding steroid dienone is 1. The van der Waals surface area contributed by atoms with E-state index in [1.54, 1.807) is 14.2 Å². The van der Waals surface area contributed by atoms with Crippen molar-refractivity contribution >= 4 is 0 Å². The molecule has 1 unspecified atom stereocenters. The third-order valence-corrected chi connectivity index (χ3v) is 3.16. The van der Waals surface area contributed by atoms with Gasteiger partial charge in [-0.25, -0.2) is 5.43 Å². The Hall–Kier alpha value is -1.72. The Balaban J connectivity index is 1.99. The van der Waals surface area contributed by atoms with E-state index in [-0.39, 0.29) is 6.17 Å². The molecule has 1 heterocycles. The lowest BCUT2D eigenvalue weighted by Crippen LogP contribution is -2.40. The maximum Gasteiger partial charge on any atom is 0.122 e. The smallest absolute Gasteiger partial charge is 0.122 e. The van der Waals surface area contributed by atoms with E-state index in [1.165, 1.54) is 11.3 Å². The summed E-state index contributed by atoms with van der Waals surface area (Å²) >= 11 is 0. The number of nitrogens with one attached hydrogen (secondary N) is 3. The van der Waals surface area contributed by atoms with E-state index in [0.717, 1.165) is 24.3 Å². The largest absolute Gasteiger partial charge is 0.497 e. The van der Waals surface area contributed by atoms with Crippen molar-refractivity contribution in [2.24, 2.45) is 0 Å². The zero-order valence-electron chi connectivity index (χ0n) is 11.6. The van der Waals surface area contributed by atoms with Crippen LogP contribution in [-0.2, 0) is 6.42 Å². The molecule has 5 nitrogen and oxygen atoms in total. The molecule has 0 saturated carbocycles. The molecule has 0 amide bonds. The van der Waals surface area contributed by atoms with Gasteiger partial charge < -0.3 is 20.2 Å². The average molecular weight is 263 g/mol. The Morgan fingerprint density at radius 2 is 1.79 bits per heavy atom. The van der Waals surface area contributed by atoms with Crippen molar-refractivity contribution in [3.63, 3.8) is 0 Å². The van der Waals surface area contributed by atoms with Gasteiger partial charge in [0.25, 0.3) is 0 Å². The molecule has 1 atom stereocenters. The minimum Gasteiger partial charge on any atom is -0.497 e. The molecule has 1 aliphatic rings. The standard InChI is InChI=1S/C14H21N3O2/c1-15-14-8-11(16-17-14)5-4-10-6-12(18-2)9-13(7-10)19-3/h6-9,14-17H,4-5H2,1-3H3. The predicted molar refractivity (Wildman–Crippen MR) is 75.1 cm³/mol. The molecule has 1 aromatic rings. The highest BCUT2D eigenvalue weighted by Gasteiger charge is 2.12. The van der Waals surface area contributed by atoms with Gasteiger partial charge in [0.15, 0.2) is 0 Å². The van der Waals surface area contributed by atoms with E-state index in [1.807, 2.05) is 25.2 Å². The normalized spacial score (nSPS) is 17.8. The lowest BCUT2D eigenvalue weighted by atomic mass is 10.1. The van der Waals surface area contributed by atoms with Crippen molar-refractivity contribution in [1.29, 1.82) is 0 Å². The first-order valence-corrected chi connectivity index (χ1v) is 6.36. The quantitative estimate of drug-likeness (QED) is 0.719. The van der Waals surface area contributed by atoms with Crippen LogP contribution in [-0.4, -0.2) is 27.4 Å². The van der Waals surface area contributed by atoms with Crippen molar-refractivity contribution in [2.75, 3.05) is 21.3 Å². The first-order valence-electron chi connectivity index (χ1n) is 6.36. The fourth-order valence-corrected chi connectivity index (χ4v) is 2.05. The molecule has 3 N–H and O–H groups in total. The number of hydrazine groups is 1. The molecule has 1 aliphatic heterocycles. The summed E-state index contributed by atoms with van der Waals surface area (Å²) in [6.07, 6.45) is 4.23. The third-order valence-electron chi connectivity index (χ3n) is 3.16. The summed E-state index contributed by atoms with van der Waals surface area (Å²) < 4.78 is 10.5. The van der Waals surface area contributed by atoms with E-state index >= 15 is 0 Å². The second-order valence-electron chi connectivity index (χ2n) is 4.45. The van der Waals surface area contributed by atoms with Crippen LogP contribution in [0.1, 0.15) is 12.0 Å². The van der Waals surface area contributed by atoms with Crippen molar-refractivity contribution in [1.82, 2.24) is 16.2 Å². The number of hydrogen-bond acceptors (Lipinski definition) is 5. The van der Waals surface area contributed by atoms with Crippen LogP contribution in [0.3, 0.4) is 0 Å². The predicted octanol–water partition coefficient (Wildman–Crippen LogP) is 1.17. The summed E-state index contributed by atoms with van der Waals surface area (Å²) in [5.74, 6) is 1.66. The van der Waals surface area contributed by atoms with Gasteiger partial charge in [-0.2, -0.15) is 0 Å². The Kier molecular flexibility index (Phi) is 4.65. The molecular formula is C14H21N3O2. The summed E-state index contributed by atoms with van der Waals surface area (Å²) in [5.41, 5.74) is 8.70. The Labute approximate surface area is 114 Å². The molecule has 0 spiro atoms. The molecule has 0 aliphatic carbocycles. The van der Waals surface area contributed by atoms with Gasteiger partial charge in [-0.15, -0.1) is 0 Å². The van der Waals surface area contributed by atoms with Gasteiger partial charge >= 0.3 is 0 Å². The van der Waals surface area contributed by atoms with Gasteiger partial charge in [-0.3, -0.25) is 0 Å². The number of hydrogen-bond donors (Lipinski definition) is 3. The SMILES string of the molecule is CNC1C=C(CCc2cc(OC)cc(OC)c2)NN1. The Morgan fingerprint density at radius 1 is 1.11 bits per heavy atom.